The molecular formula is C24H25NO3. The highest BCUT2D eigenvalue weighted by molar-refractivity contribution is 6.11. The van der Waals surface area contributed by atoms with Gasteiger partial charge in [0.05, 0.1) is 6.61 Å². The third-order valence-corrected chi connectivity index (χ3v) is 4.55. The van der Waals surface area contributed by atoms with E-state index in [-0.39, 0.29) is 11.7 Å². The molecule has 0 aliphatic carbocycles. The molecule has 0 aromatic heterocycles. The summed E-state index contributed by atoms with van der Waals surface area (Å²) in [6.07, 6.45) is 1.58. The molecule has 0 heterocycles. The summed E-state index contributed by atoms with van der Waals surface area (Å²) in [5.41, 5.74) is 2.34. The third-order valence-electron chi connectivity index (χ3n) is 4.55. The van der Waals surface area contributed by atoms with Crippen LogP contribution in [0.5, 0.6) is 5.75 Å². The molecule has 0 fully saturated rings. The van der Waals surface area contributed by atoms with Crippen molar-refractivity contribution in [2.75, 3.05) is 13.2 Å². The number of rotatable bonds is 8. The molecule has 0 aliphatic heterocycles. The van der Waals surface area contributed by atoms with E-state index in [1.54, 1.807) is 0 Å². The number of hydrogen-bond acceptors (Lipinski definition) is 3. The molecule has 0 bridgehead atoms. The Kier molecular flexibility index (Phi) is 6.43. The van der Waals surface area contributed by atoms with Crippen molar-refractivity contribution in [1.82, 2.24) is 5.32 Å². The Morgan fingerprint density at radius 2 is 1.75 bits per heavy atom. The molecule has 0 saturated carbocycles. The number of amides is 1. The lowest BCUT2D eigenvalue weighted by Crippen LogP contribution is -2.22. The van der Waals surface area contributed by atoms with Crippen molar-refractivity contribution in [2.45, 2.75) is 26.7 Å². The maximum Gasteiger partial charge on any atom is 0.216 e. The number of carbonyl (C=O) groups excluding carboxylic acids is 2. The van der Waals surface area contributed by atoms with E-state index in [0.717, 1.165) is 28.5 Å². The average Bonchev–Trinajstić information content (AvgIpc) is 2.72. The van der Waals surface area contributed by atoms with Crippen molar-refractivity contribution in [3.05, 3.63) is 77.4 Å². The number of fused-ring (bicyclic) bond motifs is 1. The van der Waals surface area contributed by atoms with Crippen LogP contribution in [0.2, 0.25) is 0 Å². The molecule has 4 nitrogen and oxygen atoms in total. The van der Waals surface area contributed by atoms with Gasteiger partial charge in [0.15, 0.2) is 5.78 Å². The summed E-state index contributed by atoms with van der Waals surface area (Å²) in [7, 11) is 0. The summed E-state index contributed by atoms with van der Waals surface area (Å²) in [5.74, 6) is 0.750. The van der Waals surface area contributed by atoms with Gasteiger partial charge in [-0.25, -0.2) is 0 Å². The Hall–Kier alpha value is -3.14. The van der Waals surface area contributed by atoms with Gasteiger partial charge in [0, 0.05) is 24.6 Å². The highest BCUT2D eigenvalue weighted by Gasteiger charge is 2.13. The van der Waals surface area contributed by atoms with Gasteiger partial charge < -0.3 is 10.1 Å². The van der Waals surface area contributed by atoms with E-state index in [0.29, 0.717) is 30.7 Å². The Morgan fingerprint density at radius 1 is 0.964 bits per heavy atom. The van der Waals surface area contributed by atoms with Gasteiger partial charge in [-0.15, -0.1) is 0 Å². The first-order chi connectivity index (χ1) is 13.6. The van der Waals surface area contributed by atoms with Crippen LogP contribution in [0.15, 0.2) is 60.7 Å². The van der Waals surface area contributed by atoms with Crippen LogP contribution in [-0.2, 0) is 11.2 Å². The molecule has 0 aliphatic rings. The van der Waals surface area contributed by atoms with Gasteiger partial charge in [-0.1, -0.05) is 43.3 Å². The molecule has 0 spiro atoms. The predicted molar refractivity (Wildman–Crippen MR) is 112 cm³/mol. The number of carbonyl (C=O) groups is 2. The molecule has 0 atom stereocenters. The monoisotopic (exact) mass is 375 g/mol. The topological polar surface area (TPSA) is 55.4 Å². The van der Waals surface area contributed by atoms with E-state index in [1.165, 1.54) is 6.92 Å². The first kappa shape index (κ1) is 19.6. The SMILES string of the molecule is CCCOc1ccc2cc(C(=O)c3ccccc3)cc(CCNC(C)=O)c2c1. The Morgan fingerprint density at radius 3 is 2.46 bits per heavy atom. The van der Waals surface area contributed by atoms with Crippen LogP contribution in [-0.4, -0.2) is 24.8 Å². The summed E-state index contributed by atoms with van der Waals surface area (Å²) in [4.78, 5) is 24.2. The van der Waals surface area contributed by atoms with Crippen LogP contribution in [0.1, 0.15) is 41.8 Å². The molecule has 1 amide bonds. The van der Waals surface area contributed by atoms with Gasteiger partial charge in [-0.2, -0.15) is 0 Å². The zero-order valence-electron chi connectivity index (χ0n) is 16.3. The fraction of sp³-hybridized carbons (Fsp3) is 0.250. The zero-order chi connectivity index (χ0) is 19.9. The molecule has 0 saturated heterocycles. The number of ether oxygens (including phenoxy) is 1. The molecule has 0 unspecified atom stereocenters. The van der Waals surface area contributed by atoms with Crippen molar-refractivity contribution in [1.29, 1.82) is 0 Å². The molecule has 144 valence electrons. The normalized spacial score (nSPS) is 10.6. The number of nitrogens with one attached hydrogen (secondary N) is 1. The Balaban J connectivity index is 2.01. The van der Waals surface area contributed by atoms with Crippen molar-refractivity contribution in [2.24, 2.45) is 0 Å². The van der Waals surface area contributed by atoms with Gasteiger partial charge in [0.1, 0.15) is 5.75 Å². The van der Waals surface area contributed by atoms with Gasteiger partial charge in [0.2, 0.25) is 5.91 Å². The lowest BCUT2D eigenvalue weighted by molar-refractivity contribution is -0.118. The molecule has 28 heavy (non-hydrogen) atoms. The fourth-order valence-corrected chi connectivity index (χ4v) is 3.19. The summed E-state index contributed by atoms with van der Waals surface area (Å²) >= 11 is 0. The summed E-state index contributed by atoms with van der Waals surface area (Å²) < 4.78 is 5.77. The quantitative estimate of drug-likeness (QED) is 0.588. The second-order valence-electron chi connectivity index (χ2n) is 6.79. The van der Waals surface area contributed by atoms with E-state index in [9.17, 15) is 9.59 Å². The minimum Gasteiger partial charge on any atom is -0.494 e. The first-order valence-electron chi connectivity index (χ1n) is 9.62. The van der Waals surface area contributed by atoms with Crippen LogP contribution in [0.4, 0.5) is 0 Å². The van der Waals surface area contributed by atoms with E-state index in [2.05, 4.69) is 12.2 Å². The fourth-order valence-electron chi connectivity index (χ4n) is 3.19. The molecule has 1 N–H and O–H groups in total. The number of ketones is 1. The van der Waals surface area contributed by atoms with Crippen molar-refractivity contribution in [3.63, 3.8) is 0 Å². The molecule has 0 radical (unpaired) electrons. The number of benzene rings is 3. The standard InChI is InChI=1S/C24H25NO3/c1-3-13-28-22-10-9-19-14-21(24(27)18-7-5-4-6-8-18)15-20(23(19)16-22)11-12-25-17(2)26/h4-10,14-16H,3,11-13H2,1-2H3,(H,25,26). The molecule has 3 aromatic carbocycles. The smallest absolute Gasteiger partial charge is 0.216 e. The molecule has 3 aromatic rings. The molecular weight excluding hydrogens is 350 g/mol. The highest BCUT2D eigenvalue weighted by atomic mass is 16.5. The van der Waals surface area contributed by atoms with Crippen LogP contribution < -0.4 is 10.1 Å². The lowest BCUT2D eigenvalue weighted by atomic mass is 9.94. The highest BCUT2D eigenvalue weighted by Crippen LogP contribution is 2.27. The van der Waals surface area contributed by atoms with Gasteiger partial charge in [-0.3, -0.25) is 9.59 Å². The largest absolute Gasteiger partial charge is 0.494 e. The second-order valence-corrected chi connectivity index (χ2v) is 6.79. The van der Waals surface area contributed by atoms with E-state index >= 15 is 0 Å². The van der Waals surface area contributed by atoms with Crippen LogP contribution >= 0.6 is 0 Å². The van der Waals surface area contributed by atoms with Crippen molar-refractivity contribution in [3.8, 4) is 5.75 Å². The van der Waals surface area contributed by atoms with Crippen molar-refractivity contribution >= 4 is 22.5 Å². The van der Waals surface area contributed by atoms with Crippen molar-refractivity contribution < 1.29 is 14.3 Å². The summed E-state index contributed by atoms with van der Waals surface area (Å²) in [6.45, 7) is 4.76. The molecule has 3 rings (SSSR count). The van der Waals surface area contributed by atoms with Gasteiger partial charge in [0.25, 0.3) is 0 Å². The minimum absolute atomic E-state index is 0.00501. The Bertz CT molecular complexity index is 980. The van der Waals surface area contributed by atoms with E-state index in [4.69, 9.17) is 4.74 Å². The third kappa shape index (κ3) is 4.77. The second kappa shape index (κ2) is 9.18. The summed E-state index contributed by atoms with van der Waals surface area (Å²) in [5, 5.41) is 4.87. The number of hydrogen-bond donors (Lipinski definition) is 1. The van der Waals surface area contributed by atoms with Crippen LogP contribution in [0, 0.1) is 0 Å². The Labute approximate surface area is 165 Å². The maximum absolute atomic E-state index is 12.9. The molecule has 4 heteroatoms. The van der Waals surface area contributed by atoms with E-state index in [1.807, 2.05) is 60.7 Å². The average molecular weight is 375 g/mol. The maximum atomic E-state index is 12.9. The zero-order valence-corrected chi connectivity index (χ0v) is 16.3. The first-order valence-corrected chi connectivity index (χ1v) is 9.62. The van der Waals surface area contributed by atoms with Crippen LogP contribution in [0.25, 0.3) is 10.8 Å². The summed E-state index contributed by atoms with van der Waals surface area (Å²) in [6, 6.07) is 19.1. The van der Waals surface area contributed by atoms with E-state index < -0.39 is 0 Å². The lowest BCUT2D eigenvalue weighted by Gasteiger charge is -2.13. The van der Waals surface area contributed by atoms with Crippen LogP contribution in [0.3, 0.4) is 0 Å². The predicted octanol–water partition coefficient (Wildman–Crippen LogP) is 4.54. The van der Waals surface area contributed by atoms with Gasteiger partial charge in [-0.05, 0) is 53.4 Å². The minimum atomic E-state index is -0.0622. The van der Waals surface area contributed by atoms with Gasteiger partial charge >= 0.3 is 0 Å².